The number of hydrogen-bond donors (Lipinski definition) is 2. The third-order valence-electron chi connectivity index (χ3n) is 4.57. The molecule has 0 saturated carbocycles. The molecule has 1 aromatic carbocycles. The molecule has 1 aliphatic rings. The Bertz CT molecular complexity index is 481. The number of ether oxygens (including phenoxy) is 1. The Balaban J connectivity index is 2.18. The van der Waals surface area contributed by atoms with Crippen LogP contribution in [0.25, 0.3) is 0 Å². The zero-order valence-corrected chi connectivity index (χ0v) is 13.0. The number of hydrogen-bond acceptors (Lipinski definition) is 3. The van der Waals surface area contributed by atoms with Gasteiger partial charge in [0.25, 0.3) is 0 Å². The molecule has 0 radical (unpaired) electrons. The second-order valence-electron chi connectivity index (χ2n) is 6.06. The maximum atomic E-state index is 12.1. The van der Waals surface area contributed by atoms with Gasteiger partial charge in [-0.3, -0.25) is 4.79 Å². The van der Waals surface area contributed by atoms with Crippen molar-refractivity contribution in [3.05, 3.63) is 35.4 Å². The van der Waals surface area contributed by atoms with Crippen LogP contribution in [0.1, 0.15) is 30.9 Å². The van der Waals surface area contributed by atoms with Gasteiger partial charge in [0.05, 0.1) is 0 Å². The van der Waals surface area contributed by atoms with Crippen LogP contribution in [0.4, 0.5) is 0 Å². The molecule has 2 rings (SSSR count). The van der Waals surface area contributed by atoms with Gasteiger partial charge < -0.3 is 15.8 Å². The first-order valence-electron chi connectivity index (χ1n) is 7.71. The van der Waals surface area contributed by atoms with Gasteiger partial charge in [-0.1, -0.05) is 31.2 Å². The average Bonchev–Trinajstić information content (AvgIpc) is 2.53. The van der Waals surface area contributed by atoms with Crippen molar-refractivity contribution in [1.29, 1.82) is 0 Å². The average molecular weight is 290 g/mol. The van der Waals surface area contributed by atoms with E-state index in [1.54, 1.807) is 0 Å². The Morgan fingerprint density at radius 3 is 2.67 bits per heavy atom. The van der Waals surface area contributed by atoms with Crippen LogP contribution >= 0.6 is 0 Å². The SMILES string of the molecule is Cc1ccccc1C1(CNC(=O)C(C)CN)CCOCC1. The maximum absolute atomic E-state index is 12.1. The van der Waals surface area contributed by atoms with Crippen LogP contribution in [0, 0.1) is 12.8 Å². The summed E-state index contributed by atoms with van der Waals surface area (Å²) in [6, 6.07) is 8.45. The largest absolute Gasteiger partial charge is 0.381 e. The quantitative estimate of drug-likeness (QED) is 0.868. The van der Waals surface area contributed by atoms with Crippen molar-refractivity contribution < 1.29 is 9.53 Å². The van der Waals surface area contributed by atoms with Crippen molar-refractivity contribution in [1.82, 2.24) is 5.32 Å². The Morgan fingerprint density at radius 2 is 2.05 bits per heavy atom. The van der Waals surface area contributed by atoms with Crippen molar-refractivity contribution in [2.45, 2.75) is 32.1 Å². The van der Waals surface area contributed by atoms with Crippen molar-refractivity contribution in [3.8, 4) is 0 Å². The molecule has 1 amide bonds. The molecule has 21 heavy (non-hydrogen) atoms. The molecular weight excluding hydrogens is 264 g/mol. The Kier molecular flexibility index (Phi) is 5.37. The monoisotopic (exact) mass is 290 g/mol. The van der Waals surface area contributed by atoms with E-state index in [1.807, 2.05) is 6.92 Å². The molecule has 1 aromatic rings. The van der Waals surface area contributed by atoms with Crippen LogP contribution in [0.15, 0.2) is 24.3 Å². The van der Waals surface area contributed by atoms with E-state index in [1.165, 1.54) is 11.1 Å². The van der Waals surface area contributed by atoms with Crippen LogP contribution in [0.3, 0.4) is 0 Å². The molecule has 0 aromatic heterocycles. The predicted octanol–water partition coefficient (Wildman–Crippen LogP) is 1.75. The zero-order valence-electron chi connectivity index (χ0n) is 13.0. The minimum absolute atomic E-state index is 0.0203. The second kappa shape index (κ2) is 7.05. The molecule has 116 valence electrons. The van der Waals surface area contributed by atoms with Crippen molar-refractivity contribution in [3.63, 3.8) is 0 Å². The fourth-order valence-corrected chi connectivity index (χ4v) is 3.01. The highest BCUT2D eigenvalue weighted by atomic mass is 16.5. The molecular formula is C17H26N2O2. The van der Waals surface area contributed by atoms with Gasteiger partial charge in [0, 0.05) is 37.6 Å². The maximum Gasteiger partial charge on any atom is 0.224 e. The summed E-state index contributed by atoms with van der Waals surface area (Å²) in [6.45, 7) is 6.53. The number of amides is 1. The van der Waals surface area contributed by atoms with Gasteiger partial charge in [-0.25, -0.2) is 0 Å². The molecule has 0 bridgehead atoms. The van der Waals surface area contributed by atoms with Crippen LogP contribution in [0.5, 0.6) is 0 Å². The lowest BCUT2D eigenvalue weighted by Gasteiger charge is -2.39. The number of nitrogens with one attached hydrogen (secondary N) is 1. The highest BCUT2D eigenvalue weighted by Gasteiger charge is 2.36. The van der Waals surface area contributed by atoms with Crippen LogP contribution in [-0.2, 0) is 14.9 Å². The zero-order chi connectivity index (χ0) is 15.3. The minimum Gasteiger partial charge on any atom is -0.381 e. The van der Waals surface area contributed by atoms with Crippen LogP contribution in [0.2, 0.25) is 0 Å². The van der Waals surface area contributed by atoms with Gasteiger partial charge in [0.1, 0.15) is 0 Å². The molecule has 3 N–H and O–H groups in total. The first kappa shape index (κ1) is 16.0. The number of carbonyl (C=O) groups is 1. The Morgan fingerprint density at radius 1 is 1.38 bits per heavy atom. The van der Waals surface area contributed by atoms with Crippen molar-refractivity contribution >= 4 is 5.91 Å². The van der Waals surface area contributed by atoms with Gasteiger partial charge in [-0.2, -0.15) is 0 Å². The number of carbonyl (C=O) groups excluding carboxylic acids is 1. The first-order chi connectivity index (χ1) is 10.1. The van der Waals surface area contributed by atoms with Crippen molar-refractivity contribution in [2.75, 3.05) is 26.3 Å². The van der Waals surface area contributed by atoms with Gasteiger partial charge >= 0.3 is 0 Å². The van der Waals surface area contributed by atoms with Gasteiger partial charge in [-0.05, 0) is 30.9 Å². The molecule has 4 nitrogen and oxygen atoms in total. The number of rotatable bonds is 5. The number of aryl methyl sites for hydroxylation is 1. The molecule has 1 unspecified atom stereocenters. The summed E-state index contributed by atoms with van der Waals surface area (Å²) in [6.07, 6.45) is 1.88. The van der Waals surface area contributed by atoms with E-state index in [9.17, 15) is 4.79 Å². The third-order valence-corrected chi connectivity index (χ3v) is 4.57. The number of nitrogens with two attached hydrogens (primary N) is 1. The standard InChI is InChI=1S/C17H26N2O2/c1-13-5-3-4-6-15(13)17(7-9-21-10-8-17)12-19-16(20)14(2)11-18/h3-6,14H,7-12,18H2,1-2H3,(H,19,20). The van der Waals surface area contributed by atoms with E-state index in [0.717, 1.165) is 26.1 Å². The minimum atomic E-state index is -0.140. The summed E-state index contributed by atoms with van der Waals surface area (Å²) in [5.74, 6) is -0.101. The molecule has 1 atom stereocenters. The Labute approximate surface area is 127 Å². The smallest absolute Gasteiger partial charge is 0.224 e. The number of benzene rings is 1. The predicted molar refractivity (Wildman–Crippen MR) is 84.1 cm³/mol. The Hall–Kier alpha value is -1.39. The lowest BCUT2D eigenvalue weighted by molar-refractivity contribution is -0.124. The summed E-state index contributed by atoms with van der Waals surface area (Å²) in [4.78, 5) is 12.1. The van der Waals surface area contributed by atoms with Crippen LogP contribution < -0.4 is 11.1 Å². The normalized spacial score (nSPS) is 19.0. The summed E-state index contributed by atoms with van der Waals surface area (Å²) >= 11 is 0. The third kappa shape index (κ3) is 3.63. The molecule has 4 heteroatoms. The topological polar surface area (TPSA) is 64.4 Å². The fourth-order valence-electron chi connectivity index (χ4n) is 3.01. The van der Waals surface area contributed by atoms with Gasteiger partial charge in [0.15, 0.2) is 0 Å². The van der Waals surface area contributed by atoms with E-state index < -0.39 is 0 Å². The van der Waals surface area contributed by atoms with Gasteiger partial charge in [-0.15, -0.1) is 0 Å². The van der Waals surface area contributed by atoms with E-state index in [2.05, 4.69) is 36.5 Å². The highest BCUT2D eigenvalue weighted by Crippen LogP contribution is 2.36. The molecule has 0 aliphatic carbocycles. The molecule has 1 aliphatic heterocycles. The molecule has 0 spiro atoms. The van der Waals surface area contributed by atoms with Gasteiger partial charge in [0.2, 0.25) is 5.91 Å². The summed E-state index contributed by atoms with van der Waals surface area (Å²) < 4.78 is 5.53. The summed E-state index contributed by atoms with van der Waals surface area (Å²) in [5.41, 5.74) is 8.15. The lowest BCUT2D eigenvalue weighted by atomic mass is 9.72. The lowest BCUT2D eigenvalue weighted by Crippen LogP contribution is -2.46. The first-order valence-corrected chi connectivity index (χ1v) is 7.71. The fraction of sp³-hybridized carbons (Fsp3) is 0.588. The van der Waals surface area contributed by atoms with E-state index in [-0.39, 0.29) is 17.2 Å². The highest BCUT2D eigenvalue weighted by molar-refractivity contribution is 5.78. The summed E-state index contributed by atoms with van der Waals surface area (Å²) in [7, 11) is 0. The molecule has 1 saturated heterocycles. The molecule has 1 fully saturated rings. The van der Waals surface area contributed by atoms with E-state index in [0.29, 0.717) is 13.1 Å². The van der Waals surface area contributed by atoms with E-state index in [4.69, 9.17) is 10.5 Å². The van der Waals surface area contributed by atoms with Crippen molar-refractivity contribution in [2.24, 2.45) is 11.7 Å². The second-order valence-corrected chi connectivity index (χ2v) is 6.06. The summed E-state index contributed by atoms with van der Waals surface area (Å²) in [5, 5.41) is 3.10. The molecule has 1 heterocycles. The van der Waals surface area contributed by atoms with E-state index >= 15 is 0 Å². The van der Waals surface area contributed by atoms with Crippen LogP contribution in [-0.4, -0.2) is 32.2 Å².